The van der Waals surface area contributed by atoms with Gasteiger partial charge in [0, 0.05) is 44.4 Å². The number of piperidine rings is 1. The maximum absolute atomic E-state index is 13.3. The Labute approximate surface area is 168 Å². The van der Waals surface area contributed by atoms with Gasteiger partial charge in [-0.1, -0.05) is 0 Å². The number of nitrogens with zero attached hydrogens (tertiary/aromatic N) is 5. The van der Waals surface area contributed by atoms with Crippen molar-refractivity contribution in [3.8, 4) is 0 Å². The van der Waals surface area contributed by atoms with E-state index in [4.69, 9.17) is 4.98 Å². The van der Waals surface area contributed by atoms with Gasteiger partial charge in [-0.25, -0.2) is 15.0 Å². The van der Waals surface area contributed by atoms with Crippen molar-refractivity contribution in [3.63, 3.8) is 0 Å². The van der Waals surface area contributed by atoms with Crippen molar-refractivity contribution in [2.45, 2.75) is 31.1 Å². The average molecular weight is 394 g/mol. The standard InChI is InChI=1S/C21H23N5OS/c1-25(2)20-22-11-15-6-8-21(18(15)24-20)7-3-9-26(12-21)19(27)14-4-5-16-17(10-14)28-13-23-16/h4-5,10-11,13H,3,6-9,12H2,1-2H3. The van der Waals surface area contributed by atoms with Gasteiger partial charge in [0.15, 0.2) is 0 Å². The minimum absolute atomic E-state index is 0.0362. The quantitative estimate of drug-likeness (QED) is 0.669. The first-order valence-corrected chi connectivity index (χ1v) is 10.6. The van der Waals surface area contributed by atoms with Crippen molar-refractivity contribution < 1.29 is 4.79 Å². The third kappa shape index (κ3) is 2.76. The van der Waals surface area contributed by atoms with E-state index in [2.05, 4.69) is 9.97 Å². The summed E-state index contributed by atoms with van der Waals surface area (Å²) >= 11 is 1.58. The van der Waals surface area contributed by atoms with Crippen LogP contribution in [0.5, 0.6) is 0 Å². The smallest absolute Gasteiger partial charge is 0.253 e. The molecular formula is C21H23N5OS. The molecule has 1 aliphatic carbocycles. The lowest BCUT2D eigenvalue weighted by molar-refractivity contribution is 0.0633. The molecule has 7 heteroatoms. The summed E-state index contributed by atoms with van der Waals surface area (Å²) in [6.07, 6.45) is 6.12. The van der Waals surface area contributed by atoms with Gasteiger partial charge >= 0.3 is 0 Å². The molecule has 0 N–H and O–H groups in total. The van der Waals surface area contributed by atoms with E-state index in [1.165, 1.54) is 5.56 Å². The molecule has 1 aliphatic heterocycles. The molecule has 0 radical (unpaired) electrons. The van der Waals surface area contributed by atoms with E-state index >= 15 is 0 Å². The van der Waals surface area contributed by atoms with Gasteiger partial charge < -0.3 is 9.80 Å². The number of benzene rings is 1. The Morgan fingerprint density at radius 1 is 1.25 bits per heavy atom. The molecule has 6 nitrogen and oxygen atoms in total. The van der Waals surface area contributed by atoms with Crippen molar-refractivity contribution >= 4 is 33.4 Å². The Hall–Kier alpha value is -2.54. The largest absolute Gasteiger partial charge is 0.347 e. The van der Waals surface area contributed by atoms with Crippen LogP contribution in [-0.4, -0.2) is 52.9 Å². The molecule has 28 heavy (non-hydrogen) atoms. The maximum Gasteiger partial charge on any atom is 0.253 e. The molecule has 2 aromatic heterocycles. The number of carbonyl (C=O) groups is 1. The Balaban J connectivity index is 1.46. The van der Waals surface area contributed by atoms with Crippen LogP contribution in [0.15, 0.2) is 29.9 Å². The summed E-state index contributed by atoms with van der Waals surface area (Å²) in [6, 6.07) is 5.83. The highest BCUT2D eigenvalue weighted by atomic mass is 32.1. The van der Waals surface area contributed by atoms with Crippen LogP contribution in [-0.2, 0) is 11.8 Å². The Bertz CT molecular complexity index is 1060. The Morgan fingerprint density at radius 2 is 2.14 bits per heavy atom. The summed E-state index contributed by atoms with van der Waals surface area (Å²) < 4.78 is 1.06. The van der Waals surface area contributed by atoms with Crippen LogP contribution in [0.2, 0.25) is 0 Å². The molecule has 0 bridgehead atoms. The number of hydrogen-bond donors (Lipinski definition) is 0. The summed E-state index contributed by atoms with van der Waals surface area (Å²) in [4.78, 5) is 30.9. The maximum atomic E-state index is 13.3. The Kier molecular flexibility index (Phi) is 4.08. The van der Waals surface area contributed by atoms with E-state index in [-0.39, 0.29) is 11.3 Å². The van der Waals surface area contributed by atoms with Crippen molar-refractivity contribution in [2.75, 3.05) is 32.1 Å². The van der Waals surface area contributed by atoms with Gasteiger partial charge in [0.2, 0.25) is 5.95 Å². The van der Waals surface area contributed by atoms with E-state index in [1.807, 2.05) is 53.8 Å². The van der Waals surface area contributed by atoms with Crippen molar-refractivity contribution in [1.82, 2.24) is 19.9 Å². The molecule has 144 valence electrons. The van der Waals surface area contributed by atoms with Gasteiger partial charge in [0.05, 0.1) is 21.4 Å². The zero-order valence-corrected chi connectivity index (χ0v) is 17.0. The van der Waals surface area contributed by atoms with Crippen LogP contribution in [0.3, 0.4) is 0 Å². The molecule has 5 rings (SSSR count). The molecule has 1 unspecified atom stereocenters. The average Bonchev–Trinajstić information content (AvgIpc) is 3.32. The van der Waals surface area contributed by atoms with Crippen LogP contribution in [0.25, 0.3) is 10.2 Å². The van der Waals surface area contributed by atoms with Crippen molar-refractivity contribution in [1.29, 1.82) is 0 Å². The van der Waals surface area contributed by atoms with Crippen LogP contribution in [0.1, 0.15) is 40.9 Å². The third-order valence-electron chi connectivity index (χ3n) is 6.07. The first-order valence-electron chi connectivity index (χ1n) is 9.72. The highest BCUT2D eigenvalue weighted by molar-refractivity contribution is 7.16. The molecule has 1 saturated heterocycles. The predicted molar refractivity (Wildman–Crippen MR) is 111 cm³/mol. The second kappa shape index (κ2) is 6.51. The van der Waals surface area contributed by atoms with Gasteiger partial charge in [-0.3, -0.25) is 4.79 Å². The summed E-state index contributed by atoms with van der Waals surface area (Å²) in [5.74, 6) is 0.865. The minimum atomic E-state index is -0.0362. The van der Waals surface area contributed by atoms with Gasteiger partial charge in [0.25, 0.3) is 5.91 Å². The molecule has 3 heterocycles. The molecule has 1 spiro atoms. The number of amides is 1. The lowest BCUT2D eigenvalue weighted by Gasteiger charge is -2.40. The van der Waals surface area contributed by atoms with Crippen LogP contribution >= 0.6 is 11.3 Å². The molecule has 1 amide bonds. The summed E-state index contributed by atoms with van der Waals surface area (Å²) in [5, 5.41) is 0. The third-order valence-corrected chi connectivity index (χ3v) is 6.86. The number of aromatic nitrogens is 3. The van der Waals surface area contributed by atoms with Gasteiger partial charge in [-0.15, -0.1) is 11.3 Å². The molecule has 1 atom stereocenters. The zero-order chi connectivity index (χ0) is 19.3. The van der Waals surface area contributed by atoms with Crippen LogP contribution in [0.4, 0.5) is 5.95 Å². The lowest BCUT2D eigenvalue weighted by Crippen LogP contribution is -2.48. The Morgan fingerprint density at radius 3 is 3.00 bits per heavy atom. The molecule has 1 aromatic carbocycles. The summed E-state index contributed by atoms with van der Waals surface area (Å²) in [6.45, 7) is 1.55. The number of fused-ring (bicyclic) bond motifs is 3. The summed E-state index contributed by atoms with van der Waals surface area (Å²) in [5.41, 5.74) is 5.89. The van der Waals surface area contributed by atoms with Gasteiger partial charge in [0.1, 0.15) is 0 Å². The molecule has 0 saturated carbocycles. The number of hydrogen-bond acceptors (Lipinski definition) is 6. The molecular weight excluding hydrogens is 370 g/mol. The monoisotopic (exact) mass is 393 g/mol. The highest BCUT2D eigenvalue weighted by Crippen LogP contribution is 2.44. The van der Waals surface area contributed by atoms with E-state index in [9.17, 15) is 4.79 Å². The summed E-state index contributed by atoms with van der Waals surface area (Å²) in [7, 11) is 3.94. The van der Waals surface area contributed by atoms with E-state index in [0.29, 0.717) is 0 Å². The number of anilines is 1. The van der Waals surface area contributed by atoms with Crippen LogP contribution in [0, 0.1) is 0 Å². The first-order chi connectivity index (χ1) is 13.6. The van der Waals surface area contributed by atoms with E-state index in [0.717, 1.165) is 66.2 Å². The van der Waals surface area contributed by atoms with Crippen LogP contribution < -0.4 is 4.90 Å². The SMILES string of the molecule is CN(C)c1ncc2c(n1)C1(CCCN(C(=O)c3ccc4ncsc4c3)C1)CC2. The lowest BCUT2D eigenvalue weighted by atomic mass is 9.77. The fraction of sp³-hybridized carbons (Fsp3) is 0.429. The highest BCUT2D eigenvalue weighted by Gasteiger charge is 2.45. The second-order valence-electron chi connectivity index (χ2n) is 8.08. The molecule has 3 aromatic rings. The second-order valence-corrected chi connectivity index (χ2v) is 8.97. The van der Waals surface area contributed by atoms with E-state index < -0.39 is 0 Å². The van der Waals surface area contributed by atoms with Crippen molar-refractivity contribution in [2.24, 2.45) is 0 Å². The van der Waals surface area contributed by atoms with Gasteiger partial charge in [-0.2, -0.15) is 0 Å². The molecule has 2 aliphatic rings. The number of rotatable bonds is 2. The zero-order valence-electron chi connectivity index (χ0n) is 16.2. The minimum Gasteiger partial charge on any atom is -0.347 e. The number of aryl methyl sites for hydroxylation is 1. The topological polar surface area (TPSA) is 62.2 Å². The fourth-order valence-electron chi connectivity index (χ4n) is 4.62. The first kappa shape index (κ1) is 17.6. The van der Waals surface area contributed by atoms with E-state index in [1.54, 1.807) is 11.3 Å². The number of thiazole rings is 1. The van der Waals surface area contributed by atoms with Crippen molar-refractivity contribution in [3.05, 3.63) is 46.7 Å². The van der Waals surface area contributed by atoms with Gasteiger partial charge in [-0.05, 0) is 49.4 Å². The predicted octanol–water partition coefficient (Wildman–Crippen LogP) is 3.27. The number of carbonyl (C=O) groups excluding carboxylic acids is 1. The fourth-order valence-corrected chi connectivity index (χ4v) is 5.34. The molecule has 1 fully saturated rings. The normalized spacial score (nSPS) is 21.3. The number of likely N-dealkylation sites (tertiary alicyclic amines) is 1.